The molecule has 0 saturated carbocycles. The molecule has 0 amide bonds. The summed E-state index contributed by atoms with van der Waals surface area (Å²) in [4.78, 5) is 0. The van der Waals surface area contributed by atoms with Crippen LogP contribution in [0.4, 0.5) is 0 Å². The van der Waals surface area contributed by atoms with Crippen LogP contribution in [0, 0.1) is 0 Å². The van der Waals surface area contributed by atoms with E-state index in [1.165, 1.54) is 25.7 Å². The van der Waals surface area contributed by atoms with Crippen molar-refractivity contribution in [3.05, 3.63) is 0 Å². The lowest BCUT2D eigenvalue weighted by atomic mass is 10.1. The van der Waals surface area contributed by atoms with Gasteiger partial charge >= 0.3 is 0 Å². The molecule has 2 unspecified atom stereocenters. The van der Waals surface area contributed by atoms with E-state index in [1.54, 1.807) is 0 Å². The highest BCUT2D eigenvalue weighted by molar-refractivity contribution is 7.84. The zero-order chi connectivity index (χ0) is 10.8. The number of rotatable bonds is 9. The van der Waals surface area contributed by atoms with Crippen molar-refractivity contribution in [2.75, 3.05) is 18.1 Å². The summed E-state index contributed by atoms with van der Waals surface area (Å²) < 4.78 is 11.1. The van der Waals surface area contributed by atoms with Crippen LogP contribution in [-0.4, -0.2) is 28.3 Å². The second-order valence-corrected chi connectivity index (χ2v) is 5.65. The highest BCUT2D eigenvalue weighted by atomic mass is 32.2. The normalized spacial score (nSPS) is 15.4. The molecule has 0 heterocycles. The van der Waals surface area contributed by atoms with Gasteiger partial charge in [0.25, 0.3) is 0 Å². The van der Waals surface area contributed by atoms with Gasteiger partial charge in [-0.2, -0.15) is 0 Å². The molecule has 0 spiro atoms. The van der Waals surface area contributed by atoms with Gasteiger partial charge in [0, 0.05) is 34.9 Å². The fourth-order valence-corrected chi connectivity index (χ4v) is 2.00. The van der Waals surface area contributed by atoms with E-state index in [1.807, 2.05) is 6.92 Å². The molecule has 0 fully saturated rings. The van der Waals surface area contributed by atoms with E-state index in [-0.39, 0.29) is 0 Å². The van der Waals surface area contributed by atoms with Gasteiger partial charge in [0.1, 0.15) is 0 Å². The maximum Gasteiger partial charge on any atom is 0.0360 e. The highest BCUT2D eigenvalue weighted by Gasteiger charge is 2.01. The summed E-state index contributed by atoms with van der Waals surface area (Å²) in [5, 5.41) is 3.41. The Bertz CT molecular complexity index is 150. The van der Waals surface area contributed by atoms with E-state index < -0.39 is 10.8 Å². The molecular weight excluding hydrogens is 194 g/mol. The van der Waals surface area contributed by atoms with Gasteiger partial charge in [-0.25, -0.2) is 0 Å². The maximum atomic E-state index is 11.1. The average Bonchev–Trinajstić information content (AvgIpc) is 2.18. The number of hydrogen-bond acceptors (Lipinski definition) is 2. The molecule has 2 nitrogen and oxygen atoms in total. The highest BCUT2D eigenvalue weighted by Crippen LogP contribution is 2.02. The molecule has 0 radical (unpaired) electrons. The minimum atomic E-state index is -0.613. The largest absolute Gasteiger partial charge is 0.313 e. The van der Waals surface area contributed by atoms with Gasteiger partial charge in [0.15, 0.2) is 0 Å². The van der Waals surface area contributed by atoms with Crippen molar-refractivity contribution in [2.24, 2.45) is 0 Å². The summed E-state index contributed by atoms with van der Waals surface area (Å²) >= 11 is 0. The van der Waals surface area contributed by atoms with Gasteiger partial charge in [-0.15, -0.1) is 0 Å². The third-order valence-corrected chi connectivity index (χ3v) is 3.69. The van der Waals surface area contributed by atoms with Crippen LogP contribution in [-0.2, 0) is 10.8 Å². The van der Waals surface area contributed by atoms with Gasteiger partial charge in [0.05, 0.1) is 0 Å². The fourth-order valence-electron chi connectivity index (χ4n) is 1.37. The molecule has 0 saturated heterocycles. The van der Waals surface area contributed by atoms with Crippen LogP contribution in [0.25, 0.3) is 0 Å². The number of hydrogen-bond donors (Lipinski definition) is 1. The summed E-state index contributed by atoms with van der Waals surface area (Å²) in [6, 6.07) is 0.579. The lowest BCUT2D eigenvalue weighted by Crippen LogP contribution is -2.30. The Balaban J connectivity index is 3.26. The SMILES string of the molecule is CCCCCC(C)NCCS(=O)CC. The lowest BCUT2D eigenvalue weighted by Gasteiger charge is -2.12. The van der Waals surface area contributed by atoms with E-state index in [9.17, 15) is 4.21 Å². The van der Waals surface area contributed by atoms with E-state index in [2.05, 4.69) is 19.2 Å². The first kappa shape index (κ1) is 14.1. The molecule has 3 heteroatoms. The minimum absolute atomic E-state index is 0.579. The first-order valence-electron chi connectivity index (χ1n) is 5.79. The summed E-state index contributed by atoms with van der Waals surface area (Å²) in [5.41, 5.74) is 0. The van der Waals surface area contributed by atoms with Gasteiger partial charge in [-0.05, 0) is 13.3 Å². The Hall–Kier alpha value is 0.110. The molecule has 1 N–H and O–H groups in total. The topological polar surface area (TPSA) is 29.1 Å². The van der Waals surface area contributed by atoms with E-state index >= 15 is 0 Å². The summed E-state index contributed by atoms with van der Waals surface area (Å²) in [6.07, 6.45) is 5.16. The molecule has 0 aliphatic rings. The third kappa shape index (κ3) is 8.70. The van der Waals surface area contributed by atoms with E-state index in [4.69, 9.17) is 0 Å². The van der Waals surface area contributed by atoms with Crippen molar-refractivity contribution < 1.29 is 4.21 Å². The summed E-state index contributed by atoms with van der Waals surface area (Å²) in [5.74, 6) is 1.58. The standard InChI is InChI=1S/C11H25NOS/c1-4-6-7-8-11(3)12-9-10-14(13)5-2/h11-12H,4-10H2,1-3H3. The smallest absolute Gasteiger partial charge is 0.0360 e. The molecule has 0 aliphatic carbocycles. The number of nitrogens with one attached hydrogen (secondary N) is 1. The molecule has 0 aromatic rings. The molecule has 2 atom stereocenters. The Kier molecular flexibility index (Phi) is 9.73. The molecule has 0 aliphatic heterocycles. The second-order valence-electron chi connectivity index (χ2n) is 3.78. The predicted molar refractivity (Wildman–Crippen MR) is 65.2 cm³/mol. The van der Waals surface area contributed by atoms with Crippen molar-refractivity contribution >= 4 is 10.8 Å². The molecule has 0 aromatic carbocycles. The zero-order valence-electron chi connectivity index (χ0n) is 9.84. The maximum absolute atomic E-state index is 11.1. The quantitative estimate of drug-likeness (QED) is 0.603. The van der Waals surface area contributed by atoms with Crippen molar-refractivity contribution in [3.63, 3.8) is 0 Å². The van der Waals surface area contributed by atoms with Crippen molar-refractivity contribution in [1.82, 2.24) is 5.32 Å². The molecule has 0 aromatic heterocycles. The first-order chi connectivity index (χ1) is 6.70. The molecule has 14 heavy (non-hydrogen) atoms. The van der Waals surface area contributed by atoms with Crippen molar-refractivity contribution in [1.29, 1.82) is 0 Å². The summed E-state index contributed by atoms with van der Waals surface area (Å²) in [7, 11) is -0.613. The number of unbranched alkanes of at least 4 members (excludes halogenated alkanes) is 2. The monoisotopic (exact) mass is 219 g/mol. The van der Waals surface area contributed by atoms with Gasteiger partial charge < -0.3 is 5.32 Å². The third-order valence-electron chi connectivity index (χ3n) is 2.39. The molecule has 86 valence electrons. The second kappa shape index (κ2) is 9.66. The van der Waals surface area contributed by atoms with E-state index in [0.717, 1.165) is 18.1 Å². The van der Waals surface area contributed by atoms with Crippen molar-refractivity contribution in [3.8, 4) is 0 Å². The van der Waals surface area contributed by atoms with E-state index in [0.29, 0.717) is 6.04 Å². The average molecular weight is 219 g/mol. The Morgan fingerprint density at radius 3 is 2.57 bits per heavy atom. The Morgan fingerprint density at radius 2 is 2.00 bits per heavy atom. The van der Waals surface area contributed by atoms with Crippen LogP contribution < -0.4 is 5.32 Å². The molecular formula is C11H25NOS. The van der Waals surface area contributed by atoms with Gasteiger partial charge in [-0.3, -0.25) is 4.21 Å². The zero-order valence-corrected chi connectivity index (χ0v) is 10.7. The predicted octanol–water partition coefficient (Wildman–Crippen LogP) is 2.31. The summed E-state index contributed by atoms with van der Waals surface area (Å²) in [6.45, 7) is 7.31. The van der Waals surface area contributed by atoms with Crippen LogP contribution in [0.15, 0.2) is 0 Å². The van der Waals surface area contributed by atoms with Gasteiger partial charge in [0.2, 0.25) is 0 Å². The lowest BCUT2D eigenvalue weighted by molar-refractivity contribution is 0.501. The Morgan fingerprint density at radius 1 is 1.29 bits per heavy atom. The first-order valence-corrected chi connectivity index (χ1v) is 7.27. The Labute approximate surface area is 91.3 Å². The van der Waals surface area contributed by atoms with Gasteiger partial charge in [-0.1, -0.05) is 33.1 Å². The van der Waals surface area contributed by atoms with Crippen LogP contribution in [0.1, 0.15) is 46.5 Å². The van der Waals surface area contributed by atoms with Crippen LogP contribution >= 0.6 is 0 Å². The van der Waals surface area contributed by atoms with Crippen LogP contribution in [0.5, 0.6) is 0 Å². The fraction of sp³-hybridized carbons (Fsp3) is 1.00. The van der Waals surface area contributed by atoms with Crippen LogP contribution in [0.3, 0.4) is 0 Å². The minimum Gasteiger partial charge on any atom is -0.313 e. The van der Waals surface area contributed by atoms with Crippen LogP contribution in [0.2, 0.25) is 0 Å². The molecule has 0 rings (SSSR count). The van der Waals surface area contributed by atoms with Crippen molar-refractivity contribution in [2.45, 2.75) is 52.5 Å². The molecule has 0 bridgehead atoms.